The summed E-state index contributed by atoms with van der Waals surface area (Å²) in [7, 11) is 3.13. The van der Waals surface area contributed by atoms with Crippen LogP contribution >= 0.6 is 24.0 Å². The molecule has 0 fully saturated rings. The summed E-state index contributed by atoms with van der Waals surface area (Å²) in [5.41, 5.74) is 1.64. The van der Waals surface area contributed by atoms with Gasteiger partial charge in [-0.25, -0.2) is 4.79 Å². The van der Waals surface area contributed by atoms with Crippen molar-refractivity contribution < 1.29 is 9.53 Å². The average Bonchev–Trinajstić information content (AvgIpc) is 2.50. The third-order valence-corrected chi connectivity index (χ3v) is 2.88. The molecular formula is C15H24IN3O2. The normalized spacial score (nSPS) is 10.5. The highest BCUT2D eigenvalue weighted by Gasteiger charge is 2.04. The Balaban J connectivity index is 0.00000400. The second-order valence-electron chi connectivity index (χ2n) is 4.39. The van der Waals surface area contributed by atoms with Gasteiger partial charge in [0.2, 0.25) is 0 Å². The fourth-order valence-electron chi connectivity index (χ4n) is 1.67. The van der Waals surface area contributed by atoms with Gasteiger partial charge in [-0.05, 0) is 24.1 Å². The number of aliphatic imine (C=N–C) groups is 1. The van der Waals surface area contributed by atoms with Gasteiger partial charge >= 0.3 is 5.97 Å². The monoisotopic (exact) mass is 405 g/mol. The summed E-state index contributed by atoms with van der Waals surface area (Å²) < 4.78 is 4.66. The van der Waals surface area contributed by atoms with Crippen LogP contribution in [0.1, 0.15) is 35.7 Å². The van der Waals surface area contributed by atoms with Crippen LogP contribution in [0.15, 0.2) is 29.3 Å². The first kappa shape index (κ1) is 19.7. The standard InChI is InChI=1S/C15H23N3O2.HI/c1-4-5-10-17-15(16-2)18-11-12-6-8-13(9-7-12)14(19)20-3;/h6-9H,4-5,10-11H2,1-3H3,(H2,16,17,18);1H. The quantitative estimate of drug-likeness (QED) is 0.251. The Labute approximate surface area is 143 Å². The Kier molecular flexibility index (Phi) is 10.7. The number of esters is 1. The molecule has 0 saturated carbocycles. The maximum Gasteiger partial charge on any atom is 0.337 e. The lowest BCUT2D eigenvalue weighted by Gasteiger charge is -2.11. The van der Waals surface area contributed by atoms with E-state index in [1.165, 1.54) is 7.11 Å². The molecule has 2 N–H and O–H groups in total. The number of hydrogen-bond donors (Lipinski definition) is 2. The molecule has 0 radical (unpaired) electrons. The van der Waals surface area contributed by atoms with Gasteiger partial charge in [-0.2, -0.15) is 0 Å². The number of guanidine groups is 1. The molecule has 0 atom stereocenters. The first-order valence-electron chi connectivity index (χ1n) is 6.83. The van der Waals surface area contributed by atoms with E-state index in [1.54, 1.807) is 19.2 Å². The summed E-state index contributed by atoms with van der Waals surface area (Å²) in [6, 6.07) is 7.32. The highest BCUT2D eigenvalue weighted by molar-refractivity contribution is 14.0. The maximum atomic E-state index is 11.3. The van der Waals surface area contributed by atoms with Crippen LogP contribution in [0.25, 0.3) is 0 Å². The number of halogens is 1. The van der Waals surface area contributed by atoms with E-state index in [0.717, 1.165) is 30.9 Å². The molecule has 0 saturated heterocycles. The van der Waals surface area contributed by atoms with Gasteiger partial charge in [-0.3, -0.25) is 4.99 Å². The van der Waals surface area contributed by atoms with Crippen LogP contribution in [0.5, 0.6) is 0 Å². The van der Waals surface area contributed by atoms with Gasteiger partial charge in [0, 0.05) is 20.1 Å². The van der Waals surface area contributed by atoms with Crippen LogP contribution in [0, 0.1) is 0 Å². The number of carbonyl (C=O) groups is 1. The van der Waals surface area contributed by atoms with Crippen LogP contribution in [0.4, 0.5) is 0 Å². The smallest absolute Gasteiger partial charge is 0.337 e. The molecule has 0 heterocycles. The Morgan fingerprint density at radius 3 is 2.43 bits per heavy atom. The second-order valence-corrected chi connectivity index (χ2v) is 4.39. The molecule has 1 aromatic rings. The van der Waals surface area contributed by atoms with Crippen LogP contribution < -0.4 is 10.6 Å². The zero-order valence-corrected chi connectivity index (χ0v) is 15.1. The van der Waals surface area contributed by atoms with Crippen molar-refractivity contribution in [1.82, 2.24) is 10.6 Å². The van der Waals surface area contributed by atoms with Gasteiger partial charge in [-0.1, -0.05) is 25.5 Å². The van der Waals surface area contributed by atoms with E-state index >= 15 is 0 Å². The first-order valence-corrected chi connectivity index (χ1v) is 6.83. The number of benzene rings is 1. The predicted molar refractivity (Wildman–Crippen MR) is 96.3 cm³/mol. The molecule has 6 heteroatoms. The first-order chi connectivity index (χ1) is 9.71. The van der Waals surface area contributed by atoms with E-state index < -0.39 is 0 Å². The fraction of sp³-hybridized carbons (Fsp3) is 0.467. The molecule has 1 aromatic carbocycles. The molecule has 0 amide bonds. The van der Waals surface area contributed by atoms with Crippen molar-refractivity contribution >= 4 is 35.9 Å². The molecule has 0 aromatic heterocycles. The molecule has 21 heavy (non-hydrogen) atoms. The van der Waals surface area contributed by atoms with E-state index in [2.05, 4.69) is 27.3 Å². The summed E-state index contributed by atoms with van der Waals surface area (Å²) in [6.07, 6.45) is 2.27. The summed E-state index contributed by atoms with van der Waals surface area (Å²) in [5.74, 6) is 0.469. The van der Waals surface area contributed by atoms with Crippen molar-refractivity contribution in [1.29, 1.82) is 0 Å². The molecule has 0 aliphatic rings. The number of nitrogens with one attached hydrogen (secondary N) is 2. The van der Waals surface area contributed by atoms with Crippen molar-refractivity contribution in [3.63, 3.8) is 0 Å². The van der Waals surface area contributed by atoms with Gasteiger partial charge in [0.1, 0.15) is 0 Å². The molecule has 5 nitrogen and oxygen atoms in total. The Morgan fingerprint density at radius 1 is 1.24 bits per heavy atom. The third-order valence-electron chi connectivity index (χ3n) is 2.88. The van der Waals surface area contributed by atoms with Crippen molar-refractivity contribution in [3.8, 4) is 0 Å². The molecule has 0 aliphatic carbocycles. The van der Waals surface area contributed by atoms with Gasteiger partial charge in [0.05, 0.1) is 12.7 Å². The molecule has 0 aliphatic heterocycles. The van der Waals surface area contributed by atoms with Crippen molar-refractivity contribution in [3.05, 3.63) is 35.4 Å². The number of ether oxygens (including phenoxy) is 1. The zero-order valence-electron chi connectivity index (χ0n) is 12.8. The molecule has 1 rings (SSSR count). The Hall–Kier alpha value is -1.31. The highest BCUT2D eigenvalue weighted by atomic mass is 127. The molecule has 0 spiro atoms. The zero-order chi connectivity index (χ0) is 14.8. The Morgan fingerprint density at radius 2 is 1.90 bits per heavy atom. The van der Waals surface area contributed by atoms with E-state index in [1.807, 2.05) is 12.1 Å². The van der Waals surface area contributed by atoms with Crippen molar-refractivity contribution in [2.75, 3.05) is 20.7 Å². The van der Waals surface area contributed by atoms with Gasteiger partial charge in [-0.15, -0.1) is 24.0 Å². The number of methoxy groups -OCH3 is 1. The van der Waals surface area contributed by atoms with Crippen molar-refractivity contribution in [2.45, 2.75) is 26.3 Å². The van der Waals surface area contributed by atoms with Crippen LogP contribution in [0.3, 0.4) is 0 Å². The molecular weight excluding hydrogens is 381 g/mol. The summed E-state index contributed by atoms with van der Waals surface area (Å²) in [4.78, 5) is 15.5. The van der Waals surface area contributed by atoms with Gasteiger partial charge in [0.25, 0.3) is 0 Å². The van der Waals surface area contributed by atoms with E-state index in [4.69, 9.17) is 0 Å². The van der Waals surface area contributed by atoms with Crippen LogP contribution in [0.2, 0.25) is 0 Å². The number of carbonyl (C=O) groups excluding carboxylic acids is 1. The molecule has 0 bridgehead atoms. The second kappa shape index (κ2) is 11.4. The lowest BCUT2D eigenvalue weighted by molar-refractivity contribution is 0.0600. The average molecular weight is 405 g/mol. The van der Waals surface area contributed by atoms with Crippen LogP contribution in [-0.4, -0.2) is 32.6 Å². The fourth-order valence-corrected chi connectivity index (χ4v) is 1.67. The van der Waals surface area contributed by atoms with E-state index in [9.17, 15) is 4.79 Å². The largest absolute Gasteiger partial charge is 0.465 e. The van der Waals surface area contributed by atoms with Crippen molar-refractivity contribution in [2.24, 2.45) is 4.99 Å². The minimum atomic E-state index is -0.318. The van der Waals surface area contributed by atoms with Crippen LogP contribution in [-0.2, 0) is 11.3 Å². The Bertz CT molecular complexity index is 447. The minimum Gasteiger partial charge on any atom is -0.465 e. The predicted octanol–water partition coefficient (Wildman–Crippen LogP) is 2.56. The maximum absolute atomic E-state index is 11.3. The highest BCUT2D eigenvalue weighted by Crippen LogP contribution is 2.05. The topological polar surface area (TPSA) is 62.7 Å². The SMILES string of the molecule is CCCCNC(=NC)NCc1ccc(C(=O)OC)cc1.I. The number of rotatable bonds is 6. The minimum absolute atomic E-state index is 0. The summed E-state index contributed by atoms with van der Waals surface area (Å²) in [5, 5.41) is 6.47. The van der Waals surface area contributed by atoms with E-state index in [0.29, 0.717) is 12.1 Å². The number of hydrogen-bond acceptors (Lipinski definition) is 3. The lowest BCUT2D eigenvalue weighted by atomic mass is 10.1. The lowest BCUT2D eigenvalue weighted by Crippen LogP contribution is -2.37. The molecule has 118 valence electrons. The number of nitrogens with zero attached hydrogens (tertiary/aromatic N) is 1. The van der Waals surface area contributed by atoms with Gasteiger partial charge < -0.3 is 15.4 Å². The van der Waals surface area contributed by atoms with Gasteiger partial charge in [0.15, 0.2) is 5.96 Å². The molecule has 0 unspecified atom stereocenters. The third kappa shape index (κ3) is 7.31. The summed E-state index contributed by atoms with van der Waals surface area (Å²) >= 11 is 0. The number of unbranched alkanes of at least 4 members (excludes halogenated alkanes) is 1. The summed E-state index contributed by atoms with van der Waals surface area (Å²) in [6.45, 7) is 3.73. The van der Waals surface area contributed by atoms with E-state index in [-0.39, 0.29) is 29.9 Å².